The number of aromatic nitrogens is 2. The van der Waals surface area contributed by atoms with E-state index in [0.29, 0.717) is 11.8 Å². The topological polar surface area (TPSA) is 35.0 Å². The van der Waals surface area contributed by atoms with Crippen molar-refractivity contribution in [3.8, 4) is 11.8 Å². The minimum Gasteiger partial charge on any atom is -0.424 e. The molecule has 0 amide bonds. The van der Waals surface area contributed by atoms with Gasteiger partial charge in [0.05, 0.1) is 0 Å². The van der Waals surface area contributed by atoms with Crippen LogP contribution in [-0.4, -0.2) is 9.97 Å². The average molecular weight is 185 g/mol. The molecule has 1 heterocycles. The molecule has 3 heteroatoms. The van der Waals surface area contributed by atoms with E-state index < -0.39 is 0 Å². The van der Waals surface area contributed by atoms with E-state index in [1.165, 1.54) is 0 Å². The van der Waals surface area contributed by atoms with E-state index >= 15 is 0 Å². The first kappa shape index (κ1) is 8.69. The summed E-state index contributed by atoms with van der Waals surface area (Å²) in [6.07, 6.45) is 3.27. The molecule has 1 radical (unpaired) electrons. The third kappa shape index (κ3) is 1.88. The molecule has 0 aliphatic rings. The van der Waals surface area contributed by atoms with Gasteiger partial charge in [-0.2, -0.15) is 0 Å². The molecule has 2 aromatic rings. The van der Waals surface area contributed by atoms with Crippen LogP contribution < -0.4 is 4.74 Å². The van der Waals surface area contributed by atoms with Crippen LogP contribution in [0.3, 0.4) is 0 Å². The molecule has 1 aromatic carbocycles. The lowest BCUT2D eigenvalue weighted by Crippen LogP contribution is -1.91. The Morgan fingerprint density at radius 3 is 2.43 bits per heavy atom. The van der Waals surface area contributed by atoms with Crippen molar-refractivity contribution in [2.24, 2.45) is 0 Å². The van der Waals surface area contributed by atoms with Crippen LogP contribution in [0.2, 0.25) is 0 Å². The van der Waals surface area contributed by atoms with Crippen molar-refractivity contribution in [3.05, 3.63) is 55.2 Å². The molecular formula is C11H9N2O. The predicted molar refractivity (Wildman–Crippen MR) is 53.0 cm³/mol. The molecule has 0 saturated carbocycles. The Balaban J connectivity index is 2.24. The maximum absolute atomic E-state index is 5.42. The molecule has 1 aromatic heterocycles. The summed E-state index contributed by atoms with van der Waals surface area (Å²) in [6, 6.07) is 9.57. The lowest BCUT2D eigenvalue weighted by atomic mass is 10.2. The molecule has 0 aliphatic heterocycles. The molecule has 69 valence electrons. The van der Waals surface area contributed by atoms with E-state index in [4.69, 9.17) is 4.74 Å². The van der Waals surface area contributed by atoms with Gasteiger partial charge < -0.3 is 4.74 Å². The van der Waals surface area contributed by atoms with Crippen molar-refractivity contribution in [1.82, 2.24) is 9.97 Å². The highest BCUT2D eigenvalue weighted by Gasteiger charge is 2.00. The third-order valence-electron chi connectivity index (χ3n) is 1.72. The molecule has 0 saturated heterocycles. The second kappa shape index (κ2) is 3.87. The maximum atomic E-state index is 5.42. The number of nitrogens with zero attached hydrogens (tertiary/aromatic N) is 2. The van der Waals surface area contributed by atoms with Crippen LogP contribution in [0.15, 0.2) is 42.7 Å². The Hall–Kier alpha value is -1.90. The molecule has 3 nitrogen and oxygen atoms in total. The lowest BCUT2D eigenvalue weighted by molar-refractivity contribution is 0.440. The zero-order valence-corrected chi connectivity index (χ0v) is 7.55. The third-order valence-corrected chi connectivity index (χ3v) is 1.72. The Kier molecular flexibility index (Phi) is 2.40. The van der Waals surface area contributed by atoms with Gasteiger partial charge in [-0.3, -0.25) is 0 Å². The molecule has 0 atom stereocenters. The first-order valence-electron chi connectivity index (χ1n) is 4.22. The Bertz CT molecular complexity index is 415. The van der Waals surface area contributed by atoms with Crippen molar-refractivity contribution in [3.63, 3.8) is 0 Å². The predicted octanol–water partition coefficient (Wildman–Crippen LogP) is 2.45. The van der Waals surface area contributed by atoms with Crippen molar-refractivity contribution in [2.75, 3.05) is 0 Å². The van der Waals surface area contributed by atoms with Gasteiger partial charge in [0, 0.05) is 12.4 Å². The van der Waals surface area contributed by atoms with Gasteiger partial charge in [-0.1, -0.05) is 18.2 Å². The van der Waals surface area contributed by atoms with E-state index in [-0.39, 0.29) is 0 Å². The van der Waals surface area contributed by atoms with Crippen LogP contribution in [0.4, 0.5) is 0 Å². The van der Waals surface area contributed by atoms with Crippen molar-refractivity contribution < 1.29 is 4.74 Å². The molecule has 0 spiro atoms. The zero-order valence-electron chi connectivity index (χ0n) is 7.55. The molecule has 0 bridgehead atoms. The van der Waals surface area contributed by atoms with Crippen LogP contribution in [0.25, 0.3) is 0 Å². The first-order chi connectivity index (χ1) is 6.86. The number of hydrogen-bond acceptors (Lipinski definition) is 3. The van der Waals surface area contributed by atoms with Crippen LogP contribution in [0, 0.1) is 6.92 Å². The Labute approximate surface area is 82.4 Å². The van der Waals surface area contributed by atoms with Crippen molar-refractivity contribution in [1.29, 1.82) is 0 Å². The van der Waals surface area contributed by atoms with Gasteiger partial charge in [-0.15, -0.1) is 0 Å². The van der Waals surface area contributed by atoms with Crippen LogP contribution >= 0.6 is 0 Å². The fourth-order valence-corrected chi connectivity index (χ4v) is 1.04. The summed E-state index contributed by atoms with van der Waals surface area (Å²) >= 11 is 0. The smallest absolute Gasteiger partial charge is 0.321 e. The monoisotopic (exact) mass is 185 g/mol. The summed E-state index contributed by atoms with van der Waals surface area (Å²) in [7, 11) is 0. The standard InChI is InChI=1S/C11H9N2O/c1-9-5-2-3-6-10(9)14-11-12-7-4-8-13-11/h2-8H,1H2. The van der Waals surface area contributed by atoms with E-state index in [1.54, 1.807) is 18.5 Å². The van der Waals surface area contributed by atoms with Gasteiger partial charge in [0.15, 0.2) is 0 Å². The van der Waals surface area contributed by atoms with Crippen LogP contribution in [0.5, 0.6) is 11.8 Å². The van der Waals surface area contributed by atoms with Crippen molar-refractivity contribution >= 4 is 0 Å². The summed E-state index contributed by atoms with van der Waals surface area (Å²) < 4.78 is 5.42. The normalized spacial score (nSPS) is 9.79. The largest absolute Gasteiger partial charge is 0.424 e. The number of para-hydroxylation sites is 1. The van der Waals surface area contributed by atoms with Gasteiger partial charge >= 0.3 is 6.01 Å². The van der Waals surface area contributed by atoms with E-state index in [9.17, 15) is 0 Å². The quantitative estimate of drug-likeness (QED) is 0.720. The lowest BCUT2D eigenvalue weighted by Gasteiger charge is -2.04. The summed E-state index contributed by atoms with van der Waals surface area (Å²) in [4.78, 5) is 7.91. The Morgan fingerprint density at radius 2 is 1.71 bits per heavy atom. The zero-order chi connectivity index (χ0) is 9.80. The van der Waals surface area contributed by atoms with Gasteiger partial charge in [-0.05, 0) is 24.6 Å². The average Bonchev–Trinajstić information content (AvgIpc) is 2.23. The van der Waals surface area contributed by atoms with Gasteiger partial charge in [-0.25, -0.2) is 9.97 Å². The van der Waals surface area contributed by atoms with E-state index in [0.717, 1.165) is 5.56 Å². The van der Waals surface area contributed by atoms with Crippen LogP contribution in [-0.2, 0) is 0 Å². The molecule has 0 fully saturated rings. The minimum atomic E-state index is 0.337. The van der Waals surface area contributed by atoms with E-state index in [2.05, 4.69) is 16.9 Å². The Morgan fingerprint density at radius 1 is 1.00 bits per heavy atom. The molecule has 14 heavy (non-hydrogen) atoms. The summed E-state index contributed by atoms with van der Waals surface area (Å²) in [5.41, 5.74) is 0.819. The second-order valence-electron chi connectivity index (χ2n) is 2.74. The number of ether oxygens (including phenoxy) is 1. The van der Waals surface area contributed by atoms with Crippen molar-refractivity contribution in [2.45, 2.75) is 0 Å². The fraction of sp³-hybridized carbons (Fsp3) is 0. The maximum Gasteiger partial charge on any atom is 0.321 e. The minimum absolute atomic E-state index is 0.337. The summed E-state index contributed by atoms with van der Waals surface area (Å²) in [5, 5.41) is 0. The second-order valence-corrected chi connectivity index (χ2v) is 2.74. The van der Waals surface area contributed by atoms with Crippen LogP contribution in [0.1, 0.15) is 5.56 Å². The van der Waals surface area contributed by atoms with Gasteiger partial charge in [0.1, 0.15) is 5.75 Å². The molecule has 0 N–H and O–H groups in total. The fourth-order valence-electron chi connectivity index (χ4n) is 1.04. The van der Waals surface area contributed by atoms with Gasteiger partial charge in [0.25, 0.3) is 0 Å². The summed E-state index contributed by atoms with van der Waals surface area (Å²) in [6.45, 7) is 3.84. The number of rotatable bonds is 2. The SMILES string of the molecule is [CH2]c1ccccc1Oc1ncccn1. The molecule has 2 rings (SSSR count). The number of benzene rings is 1. The van der Waals surface area contributed by atoms with Gasteiger partial charge in [0.2, 0.25) is 0 Å². The van der Waals surface area contributed by atoms with E-state index in [1.807, 2.05) is 24.3 Å². The molecular weight excluding hydrogens is 176 g/mol. The summed E-state index contributed by atoms with van der Waals surface area (Å²) in [5.74, 6) is 0.679. The highest BCUT2D eigenvalue weighted by molar-refractivity contribution is 5.36. The highest BCUT2D eigenvalue weighted by atomic mass is 16.5. The highest BCUT2D eigenvalue weighted by Crippen LogP contribution is 2.20. The first-order valence-corrected chi connectivity index (χ1v) is 4.22. The molecule has 0 aliphatic carbocycles. The number of hydrogen-bond donors (Lipinski definition) is 0. The molecule has 0 unspecified atom stereocenters.